The number of benzene rings is 2. The number of nitrogens with one attached hydrogen (secondary N) is 1. The second-order valence-corrected chi connectivity index (χ2v) is 8.12. The number of thioether (sulfide) groups is 2. The summed E-state index contributed by atoms with van der Waals surface area (Å²) in [5.74, 6) is 2.83. The molecule has 2 nitrogen and oxygen atoms in total. The van der Waals surface area contributed by atoms with Gasteiger partial charge < -0.3 is 4.98 Å². The van der Waals surface area contributed by atoms with Crippen molar-refractivity contribution in [2.45, 2.75) is 36.6 Å². The molecule has 4 heteroatoms. The van der Waals surface area contributed by atoms with Crippen molar-refractivity contribution in [3.05, 3.63) is 53.6 Å². The van der Waals surface area contributed by atoms with Crippen LogP contribution in [0.5, 0.6) is 0 Å². The van der Waals surface area contributed by atoms with Gasteiger partial charge in [0.15, 0.2) is 5.16 Å². The molecule has 1 heterocycles. The zero-order valence-corrected chi connectivity index (χ0v) is 15.4. The first-order valence-electron chi connectivity index (χ1n) is 7.92. The molecule has 1 N–H and O–H groups in total. The Kier molecular flexibility index (Phi) is 5.34. The molecule has 0 spiro atoms. The lowest BCUT2D eigenvalue weighted by Crippen LogP contribution is -1.94. The Bertz CT molecular complexity index is 760. The number of para-hydroxylation sites is 2. The highest BCUT2D eigenvalue weighted by Crippen LogP contribution is 2.30. The van der Waals surface area contributed by atoms with Crippen LogP contribution in [-0.2, 0) is 5.75 Å². The summed E-state index contributed by atoms with van der Waals surface area (Å²) in [5.41, 5.74) is 4.94. The van der Waals surface area contributed by atoms with Crippen LogP contribution in [0.3, 0.4) is 0 Å². The molecule has 0 aliphatic heterocycles. The van der Waals surface area contributed by atoms with Crippen LogP contribution < -0.4 is 0 Å². The highest BCUT2D eigenvalue weighted by atomic mass is 32.2. The van der Waals surface area contributed by atoms with E-state index in [9.17, 15) is 0 Å². The van der Waals surface area contributed by atoms with Crippen molar-refractivity contribution >= 4 is 34.6 Å². The quantitative estimate of drug-likeness (QED) is 0.564. The third-order valence-electron chi connectivity index (χ3n) is 3.70. The minimum atomic E-state index is 0.716. The molecule has 0 bridgehead atoms. The average Bonchev–Trinajstić information content (AvgIpc) is 2.95. The number of nitrogens with zero attached hydrogens (tertiary/aromatic N) is 1. The fraction of sp³-hybridized carbons (Fsp3) is 0.316. The Morgan fingerprint density at radius 2 is 1.87 bits per heavy atom. The minimum absolute atomic E-state index is 0.716. The number of H-pyrrole nitrogens is 1. The summed E-state index contributed by atoms with van der Waals surface area (Å²) in [6, 6.07) is 14.8. The highest BCUT2D eigenvalue weighted by Gasteiger charge is 2.08. The topological polar surface area (TPSA) is 28.7 Å². The second-order valence-electron chi connectivity index (χ2n) is 6.09. The van der Waals surface area contributed by atoms with E-state index in [2.05, 4.69) is 55.0 Å². The molecule has 0 aliphatic rings. The summed E-state index contributed by atoms with van der Waals surface area (Å²) in [6.45, 7) is 6.77. The van der Waals surface area contributed by atoms with E-state index in [1.807, 2.05) is 30.0 Å². The third kappa shape index (κ3) is 4.12. The van der Waals surface area contributed by atoms with Gasteiger partial charge in [-0.1, -0.05) is 49.9 Å². The van der Waals surface area contributed by atoms with Crippen molar-refractivity contribution in [2.75, 3.05) is 5.75 Å². The van der Waals surface area contributed by atoms with E-state index in [1.54, 1.807) is 11.8 Å². The lowest BCUT2D eigenvalue weighted by atomic mass is 10.1. The highest BCUT2D eigenvalue weighted by molar-refractivity contribution is 7.99. The predicted octanol–water partition coefficient (Wildman–Crippen LogP) is 5.91. The van der Waals surface area contributed by atoms with Crippen molar-refractivity contribution in [1.29, 1.82) is 0 Å². The molecule has 0 aliphatic carbocycles. The number of aromatic nitrogens is 2. The van der Waals surface area contributed by atoms with Crippen molar-refractivity contribution < 1.29 is 0 Å². The molecule has 3 aromatic rings. The Morgan fingerprint density at radius 1 is 1.04 bits per heavy atom. The van der Waals surface area contributed by atoms with Crippen LogP contribution in [0.2, 0.25) is 0 Å². The fourth-order valence-electron chi connectivity index (χ4n) is 2.37. The van der Waals surface area contributed by atoms with Gasteiger partial charge in [0, 0.05) is 16.4 Å². The van der Waals surface area contributed by atoms with Gasteiger partial charge in [0.25, 0.3) is 0 Å². The van der Waals surface area contributed by atoms with Crippen molar-refractivity contribution in [3.63, 3.8) is 0 Å². The molecule has 3 rings (SSSR count). The van der Waals surface area contributed by atoms with Gasteiger partial charge >= 0.3 is 0 Å². The lowest BCUT2D eigenvalue weighted by molar-refractivity contribution is 0.750. The van der Waals surface area contributed by atoms with Crippen LogP contribution in [-0.4, -0.2) is 15.7 Å². The Morgan fingerprint density at radius 3 is 2.65 bits per heavy atom. The van der Waals surface area contributed by atoms with Crippen molar-refractivity contribution in [3.8, 4) is 0 Å². The number of imidazole rings is 1. The van der Waals surface area contributed by atoms with Gasteiger partial charge in [-0.2, -0.15) is 0 Å². The summed E-state index contributed by atoms with van der Waals surface area (Å²) in [5, 5.41) is 0.992. The molecule has 1 aromatic heterocycles. The molecule has 0 unspecified atom stereocenters. The van der Waals surface area contributed by atoms with E-state index in [-0.39, 0.29) is 0 Å². The van der Waals surface area contributed by atoms with E-state index in [4.69, 9.17) is 0 Å². The van der Waals surface area contributed by atoms with Crippen LogP contribution in [0.4, 0.5) is 0 Å². The van der Waals surface area contributed by atoms with E-state index in [0.717, 1.165) is 21.9 Å². The predicted molar refractivity (Wildman–Crippen MR) is 102 cm³/mol. The molecule has 0 amide bonds. The minimum Gasteiger partial charge on any atom is -0.333 e. The first-order chi connectivity index (χ1) is 11.1. The van der Waals surface area contributed by atoms with E-state index in [1.165, 1.54) is 21.8 Å². The Hall–Kier alpha value is -1.39. The zero-order chi connectivity index (χ0) is 16.2. The number of hydrogen-bond acceptors (Lipinski definition) is 3. The third-order valence-corrected chi connectivity index (χ3v) is 6.21. The summed E-state index contributed by atoms with van der Waals surface area (Å²) < 4.78 is 0. The SMILES string of the molecule is Cc1c(CSc2nc3ccccc3[nH]2)cccc1SCC(C)C. The molecule has 0 atom stereocenters. The number of hydrogen-bond donors (Lipinski definition) is 1. The van der Waals surface area contributed by atoms with E-state index >= 15 is 0 Å². The van der Waals surface area contributed by atoms with Gasteiger partial charge in [-0.05, 0) is 42.2 Å². The number of fused-ring (bicyclic) bond motifs is 1. The summed E-state index contributed by atoms with van der Waals surface area (Å²) >= 11 is 3.73. The van der Waals surface area contributed by atoms with Crippen LogP contribution in [0.15, 0.2) is 52.5 Å². The molecule has 120 valence electrons. The summed E-state index contributed by atoms with van der Waals surface area (Å²) in [7, 11) is 0. The standard InChI is InChI=1S/C19H22N2S2/c1-13(2)11-22-18-10-6-7-15(14(18)3)12-23-19-20-16-8-4-5-9-17(16)21-19/h4-10,13H,11-12H2,1-3H3,(H,20,21). The van der Waals surface area contributed by atoms with Gasteiger partial charge in [0.2, 0.25) is 0 Å². The first-order valence-corrected chi connectivity index (χ1v) is 9.89. The average molecular weight is 343 g/mol. The summed E-state index contributed by atoms with van der Waals surface area (Å²) in [4.78, 5) is 9.43. The van der Waals surface area contributed by atoms with Crippen LogP contribution in [0.1, 0.15) is 25.0 Å². The van der Waals surface area contributed by atoms with Gasteiger partial charge in [-0.25, -0.2) is 4.98 Å². The first kappa shape index (κ1) is 16.5. The molecule has 0 radical (unpaired) electrons. The van der Waals surface area contributed by atoms with Gasteiger partial charge in [0.05, 0.1) is 11.0 Å². The maximum Gasteiger partial charge on any atom is 0.166 e. The smallest absolute Gasteiger partial charge is 0.166 e. The molecule has 0 saturated heterocycles. The molecular formula is C19H22N2S2. The van der Waals surface area contributed by atoms with Gasteiger partial charge in [0.1, 0.15) is 0 Å². The molecule has 0 fully saturated rings. The molecule has 2 aromatic carbocycles. The maximum atomic E-state index is 4.64. The van der Waals surface area contributed by atoms with Crippen LogP contribution in [0.25, 0.3) is 11.0 Å². The summed E-state index contributed by atoms with van der Waals surface area (Å²) in [6.07, 6.45) is 0. The van der Waals surface area contributed by atoms with Crippen LogP contribution in [0, 0.1) is 12.8 Å². The van der Waals surface area contributed by atoms with Gasteiger partial charge in [-0.15, -0.1) is 11.8 Å². The fourth-order valence-corrected chi connectivity index (χ4v) is 4.36. The second kappa shape index (κ2) is 7.45. The van der Waals surface area contributed by atoms with Crippen molar-refractivity contribution in [1.82, 2.24) is 9.97 Å². The van der Waals surface area contributed by atoms with Gasteiger partial charge in [-0.3, -0.25) is 0 Å². The lowest BCUT2D eigenvalue weighted by Gasteiger charge is -2.11. The Labute approximate surface area is 146 Å². The Balaban J connectivity index is 1.71. The monoisotopic (exact) mass is 342 g/mol. The van der Waals surface area contributed by atoms with E-state index < -0.39 is 0 Å². The largest absolute Gasteiger partial charge is 0.333 e. The van der Waals surface area contributed by atoms with Crippen molar-refractivity contribution in [2.24, 2.45) is 5.92 Å². The molecule has 0 saturated carbocycles. The number of rotatable bonds is 6. The zero-order valence-electron chi connectivity index (χ0n) is 13.8. The van der Waals surface area contributed by atoms with Crippen LogP contribution >= 0.6 is 23.5 Å². The number of aromatic amines is 1. The molecule has 23 heavy (non-hydrogen) atoms. The molecular weight excluding hydrogens is 320 g/mol. The maximum absolute atomic E-state index is 4.64. The van der Waals surface area contributed by atoms with E-state index in [0.29, 0.717) is 5.92 Å². The normalized spacial score (nSPS) is 11.5.